The lowest BCUT2D eigenvalue weighted by atomic mass is 10.1. The van der Waals surface area contributed by atoms with E-state index < -0.39 is 36.0 Å². The van der Waals surface area contributed by atoms with Gasteiger partial charge < -0.3 is 39.7 Å². The van der Waals surface area contributed by atoms with Gasteiger partial charge >= 0.3 is 12.1 Å². The molecule has 2 aliphatic rings. The first-order chi connectivity index (χ1) is 20.5. The SMILES string of the molecule is CCOC(=O)N1CCN(C(=O)[C@H](CCC(=O)O)NC(=O)c2cc(OCC(=O)N3CC[C@@H](O)C3)c3ccc(C)cc3n2)CC1. The largest absolute Gasteiger partial charge is 0.483 e. The Morgan fingerprint density at radius 1 is 1.05 bits per heavy atom. The van der Waals surface area contributed by atoms with E-state index in [2.05, 4.69) is 10.3 Å². The molecule has 2 fully saturated rings. The quantitative estimate of drug-likeness (QED) is 0.353. The zero-order valence-corrected chi connectivity index (χ0v) is 24.3. The maximum Gasteiger partial charge on any atom is 0.409 e. The van der Waals surface area contributed by atoms with Crippen LogP contribution < -0.4 is 10.1 Å². The van der Waals surface area contributed by atoms with Crippen molar-refractivity contribution in [3.8, 4) is 5.75 Å². The number of aliphatic hydroxyl groups excluding tert-OH is 1. The summed E-state index contributed by atoms with van der Waals surface area (Å²) in [7, 11) is 0. The molecule has 1 aromatic carbocycles. The fourth-order valence-electron chi connectivity index (χ4n) is 5.04. The molecule has 0 saturated carbocycles. The van der Waals surface area contributed by atoms with Crippen molar-refractivity contribution in [3.05, 3.63) is 35.5 Å². The molecule has 4 amide bonds. The number of aryl methyl sites for hydroxylation is 1. The second kappa shape index (κ2) is 14.1. The van der Waals surface area contributed by atoms with Gasteiger partial charge in [-0.15, -0.1) is 0 Å². The predicted molar refractivity (Wildman–Crippen MR) is 152 cm³/mol. The zero-order valence-electron chi connectivity index (χ0n) is 24.3. The Balaban J connectivity index is 1.51. The summed E-state index contributed by atoms with van der Waals surface area (Å²) in [6.07, 6.45) is -1.05. The first kappa shape index (κ1) is 31.5. The number of nitrogens with zero attached hydrogens (tertiary/aromatic N) is 4. The van der Waals surface area contributed by atoms with Crippen molar-refractivity contribution in [3.63, 3.8) is 0 Å². The van der Waals surface area contributed by atoms with Crippen LogP contribution in [-0.2, 0) is 19.1 Å². The van der Waals surface area contributed by atoms with Gasteiger partial charge in [-0.2, -0.15) is 0 Å². The minimum Gasteiger partial charge on any atom is -0.483 e. The second-order valence-corrected chi connectivity index (χ2v) is 10.6. The lowest BCUT2D eigenvalue weighted by molar-refractivity contribution is -0.138. The highest BCUT2D eigenvalue weighted by Crippen LogP contribution is 2.27. The van der Waals surface area contributed by atoms with Gasteiger partial charge in [0, 0.05) is 57.1 Å². The van der Waals surface area contributed by atoms with Crippen molar-refractivity contribution < 1.29 is 43.7 Å². The van der Waals surface area contributed by atoms with E-state index in [0.717, 1.165) is 5.56 Å². The summed E-state index contributed by atoms with van der Waals surface area (Å²) in [5, 5.41) is 22.2. The summed E-state index contributed by atoms with van der Waals surface area (Å²) in [4.78, 5) is 71.8. The molecule has 2 aliphatic heterocycles. The summed E-state index contributed by atoms with van der Waals surface area (Å²) in [6, 6.07) is 5.61. The molecule has 0 unspecified atom stereocenters. The number of β-amino-alcohol motifs (C(OH)–C–C–N with tert-alkyl or cyclic N) is 1. The molecule has 14 heteroatoms. The van der Waals surface area contributed by atoms with Crippen LogP contribution in [0, 0.1) is 6.92 Å². The highest BCUT2D eigenvalue weighted by molar-refractivity contribution is 5.99. The summed E-state index contributed by atoms with van der Waals surface area (Å²) in [5.74, 6) is -2.36. The average molecular weight is 600 g/mol. The summed E-state index contributed by atoms with van der Waals surface area (Å²) >= 11 is 0. The van der Waals surface area contributed by atoms with Gasteiger partial charge in [0.15, 0.2) is 6.61 Å². The minimum atomic E-state index is -1.15. The van der Waals surface area contributed by atoms with E-state index in [1.807, 2.05) is 13.0 Å². The summed E-state index contributed by atoms with van der Waals surface area (Å²) < 4.78 is 10.9. The first-order valence-electron chi connectivity index (χ1n) is 14.3. The highest BCUT2D eigenvalue weighted by atomic mass is 16.6. The fourth-order valence-corrected chi connectivity index (χ4v) is 5.04. The van der Waals surface area contributed by atoms with Gasteiger partial charge in [0.1, 0.15) is 17.5 Å². The number of rotatable bonds is 10. The van der Waals surface area contributed by atoms with Gasteiger partial charge in [0.2, 0.25) is 5.91 Å². The summed E-state index contributed by atoms with van der Waals surface area (Å²) in [6.45, 7) is 5.03. The molecule has 0 bridgehead atoms. The Kier molecular flexibility index (Phi) is 10.3. The molecule has 0 aliphatic carbocycles. The number of ether oxygens (including phenoxy) is 2. The third kappa shape index (κ3) is 8.09. The number of likely N-dealkylation sites (tertiary alicyclic amines) is 1. The van der Waals surface area contributed by atoms with Crippen LogP contribution >= 0.6 is 0 Å². The summed E-state index contributed by atoms with van der Waals surface area (Å²) in [5.41, 5.74) is 1.25. The number of pyridine rings is 1. The molecule has 0 radical (unpaired) electrons. The predicted octanol–water partition coefficient (Wildman–Crippen LogP) is 0.779. The highest BCUT2D eigenvalue weighted by Gasteiger charge is 2.31. The van der Waals surface area contributed by atoms with Gasteiger partial charge in [-0.1, -0.05) is 6.07 Å². The van der Waals surface area contributed by atoms with Crippen LogP contribution in [0.25, 0.3) is 10.9 Å². The number of nitrogens with one attached hydrogen (secondary N) is 1. The molecular weight excluding hydrogens is 562 g/mol. The van der Waals surface area contributed by atoms with E-state index in [1.54, 1.807) is 19.1 Å². The van der Waals surface area contributed by atoms with Crippen LogP contribution in [0.4, 0.5) is 4.79 Å². The molecule has 2 atom stereocenters. The molecule has 2 saturated heterocycles. The Bertz CT molecular complexity index is 1380. The Labute approximate surface area is 248 Å². The van der Waals surface area contributed by atoms with Crippen LogP contribution in [-0.4, -0.2) is 124 Å². The van der Waals surface area contributed by atoms with Gasteiger partial charge in [-0.05, 0) is 44.4 Å². The van der Waals surface area contributed by atoms with Crippen LogP contribution in [0.1, 0.15) is 42.2 Å². The third-order valence-electron chi connectivity index (χ3n) is 7.39. The van der Waals surface area contributed by atoms with Gasteiger partial charge in [0.25, 0.3) is 11.8 Å². The second-order valence-electron chi connectivity index (χ2n) is 10.6. The number of carbonyl (C=O) groups is 5. The van der Waals surface area contributed by atoms with Gasteiger partial charge in [0.05, 0.1) is 18.2 Å². The maximum absolute atomic E-state index is 13.4. The van der Waals surface area contributed by atoms with Crippen LogP contribution in [0.3, 0.4) is 0 Å². The molecule has 232 valence electrons. The molecule has 14 nitrogen and oxygen atoms in total. The van der Waals surface area contributed by atoms with E-state index in [-0.39, 0.29) is 76.1 Å². The number of fused-ring (bicyclic) bond motifs is 1. The maximum atomic E-state index is 13.4. The molecule has 2 aromatic rings. The number of benzene rings is 1. The number of aliphatic carboxylic acids is 1. The molecular formula is C29H37N5O9. The third-order valence-corrected chi connectivity index (χ3v) is 7.39. The zero-order chi connectivity index (χ0) is 31.1. The number of hydrogen-bond donors (Lipinski definition) is 3. The first-order valence-corrected chi connectivity index (χ1v) is 14.3. The molecule has 3 N–H and O–H groups in total. The number of carbonyl (C=O) groups excluding carboxylic acids is 4. The Hall–Kier alpha value is -4.46. The normalized spacial score (nSPS) is 17.5. The van der Waals surface area contributed by atoms with E-state index in [0.29, 0.717) is 23.9 Å². The van der Waals surface area contributed by atoms with Gasteiger partial charge in [-0.25, -0.2) is 9.78 Å². The van der Waals surface area contributed by atoms with Gasteiger partial charge in [-0.3, -0.25) is 19.2 Å². The lowest BCUT2D eigenvalue weighted by Gasteiger charge is -2.35. The van der Waals surface area contributed by atoms with E-state index in [1.165, 1.54) is 20.8 Å². The molecule has 0 spiro atoms. The molecule has 43 heavy (non-hydrogen) atoms. The van der Waals surface area contributed by atoms with Crippen molar-refractivity contribution in [2.24, 2.45) is 0 Å². The Morgan fingerprint density at radius 3 is 2.42 bits per heavy atom. The number of amides is 4. The lowest BCUT2D eigenvalue weighted by Crippen LogP contribution is -2.56. The van der Waals surface area contributed by atoms with Crippen molar-refractivity contribution in [1.29, 1.82) is 0 Å². The fraction of sp³-hybridized carbons (Fsp3) is 0.517. The Morgan fingerprint density at radius 2 is 1.77 bits per heavy atom. The van der Waals surface area contributed by atoms with Crippen LogP contribution in [0.15, 0.2) is 24.3 Å². The topological polar surface area (TPSA) is 179 Å². The van der Waals surface area contributed by atoms with E-state index >= 15 is 0 Å². The minimum absolute atomic E-state index is 0.0719. The van der Waals surface area contributed by atoms with Crippen LogP contribution in [0.2, 0.25) is 0 Å². The van der Waals surface area contributed by atoms with Crippen molar-refractivity contribution in [2.75, 3.05) is 52.5 Å². The molecule has 4 rings (SSSR count). The monoisotopic (exact) mass is 599 g/mol. The standard InChI is InChI=1S/C29H37N5O9/c1-3-42-29(41)33-12-10-32(11-13-33)28(40)21(6-7-26(37)38)31-27(39)23-15-24(20-5-4-18(2)14-22(20)30-23)43-17-25(36)34-9-8-19(35)16-34/h4-5,14-15,19,21,35H,3,6-13,16-17H2,1-2H3,(H,31,39)(H,37,38)/t19-,21+/m1/s1. The van der Waals surface area contributed by atoms with Crippen molar-refractivity contribution >= 4 is 40.7 Å². The number of aliphatic hydroxyl groups is 1. The number of aromatic nitrogens is 1. The molecule has 1 aromatic heterocycles. The van der Waals surface area contributed by atoms with E-state index in [4.69, 9.17) is 9.47 Å². The number of carboxylic acids is 1. The average Bonchev–Trinajstić information content (AvgIpc) is 3.43. The smallest absolute Gasteiger partial charge is 0.409 e. The van der Waals surface area contributed by atoms with Crippen molar-refractivity contribution in [2.45, 2.75) is 45.3 Å². The van der Waals surface area contributed by atoms with Crippen molar-refractivity contribution in [1.82, 2.24) is 25.0 Å². The van der Waals surface area contributed by atoms with Crippen LogP contribution in [0.5, 0.6) is 5.75 Å². The number of carboxylic acid groups (broad SMARTS) is 1. The number of piperazine rings is 1. The van der Waals surface area contributed by atoms with E-state index in [9.17, 15) is 34.2 Å². The number of hydrogen-bond acceptors (Lipinski definition) is 9. The molecule has 3 heterocycles.